The minimum atomic E-state index is 0.333. The predicted molar refractivity (Wildman–Crippen MR) is 34.0 cm³/mol. The van der Waals surface area contributed by atoms with Crippen molar-refractivity contribution in [2.75, 3.05) is 6.54 Å². The molecule has 0 aromatic rings. The van der Waals surface area contributed by atoms with Gasteiger partial charge in [0, 0.05) is 4.75 Å². The summed E-state index contributed by atoms with van der Waals surface area (Å²) in [5, 5.41) is 0. The lowest BCUT2D eigenvalue weighted by molar-refractivity contribution is 0.741. The Hall–Kier alpha value is 0.0200. The number of aliphatic imine (C=N–C) groups is 1. The first-order chi connectivity index (χ1) is 3.21. The molecule has 0 amide bonds. The Kier molecular flexibility index (Phi) is 1.11. The second-order valence-corrected chi connectivity index (χ2v) is 3.76. The molecular weight excluding hydrogens is 106 g/mol. The van der Waals surface area contributed by atoms with Gasteiger partial charge in [0.25, 0.3) is 0 Å². The van der Waals surface area contributed by atoms with Crippen molar-refractivity contribution >= 4 is 17.3 Å². The van der Waals surface area contributed by atoms with Gasteiger partial charge in [-0.25, -0.2) is 0 Å². The number of nitrogens with zero attached hydrogens (tertiary/aromatic N) is 1. The highest BCUT2D eigenvalue weighted by molar-refractivity contribution is 8.13. The van der Waals surface area contributed by atoms with Gasteiger partial charge in [0.05, 0.1) is 6.54 Å². The van der Waals surface area contributed by atoms with Gasteiger partial charge >= 0.3 is 0 Å². The fraction of sp³-hybridized carbons (Fsp3) is 0.800. The minimum absolute atomic E-state index is 0.333. The Bertz CT molecular complexity index is 86.3. The van der Waals surface area contributed by atoms with E-state index in [9.17, 15) is 0 Å². The van der Waals surface area contributed by atoms with E-state index in [1.165, 1.54) is 0 Å². The molecule has 0 N–H and O–H groups in total. The molecule has 0 fully saturated rings. The van der Waals surface area contributed by atoms with Crippen LogP contribution in [0.3, 0.4) is 0 Å². The third-order valence-electron chi connectivity index (χ3n) is 0.846. The van der Waals surface area contributed by atoms with Crippen molar-refractivity contribution in [1.29, 1.82) is 0 Å². The molecule has 1 aliphatic rings. The standard InChI is InChI=1S/C5H8NS/c1-5(2)3-6-4-7-5/h3H2,1-2H3. The van der Waals surface area contributed by atoms with Crippen molar-refractivity contribution in [3.05, 3.63) is 0 Å². The van der Waals surface area contributed by atoms with Crippen LogP contribution in [0, 0.1) is 0 Å². The third-order valence-corrected chi connectivity index (χ3v) is 1.75. The predicted octanol–water partition coefficient (Wildman–Crippen LogP) is 1.42. The van der Waals surface area contributed by atoms with Crippen LogP contribution in [0.4, 0.5) is 0 Å². The molecule has 7 heavy (non-hydrogen) atoms. The molecule has 1 radical (unpaired) electrons. The van der Waals surface area contributed by atoms with Gasteiger partial charge in [-0.05, 0) is 13.8 Å². The Morgan fingerprint density at radius 2 is 2.43 bits per heavy atom. The van der Waals surface area contributed by atoms with Crippen molar-refractivity contribution in [2.45, 2.75) is 18.6 Å². The Morgan fingerprint density at radius 1 is 1.71 bits per heavy atom. The highest BCUT2D eigenvalue weighted by Crippen LogP contribution is 2.26. The zero-order valence-corrected chi connectivity index (χ0v) is 5.38. The Labute approximate surface area is 48.2 Å². The van der Waals surface area contributed by atoms with Crippen molar-refractivity contribution < 1.29 is 0 Å². The summed E-state index contributed by atoms with van der Waals surface area (Å²) >= 11 is 1.68. The number of hydrogen-bond donors (Lipinski definition) is 0. The first-order valence-electron chi connectivity index (χ1n) is 2.30. The van der Waals surface area contributed by atoms with Gasteiger partial charge in [-0.2, -0.15) is 0 Å². The zero-order chi connectivity index (χ0) is 5.33. The van der Waals surface area contributed by atoms with E-state index in [0.29, 0.717) is 4.75 Å². The summed E-state index contributed by atoms with van der Waals surface area (Å²) in [6.07, 6.45) is 0. The molecule has 0 saturated carbocycles. The summed E-state index contributed by atoms with van der Waals surface area (Å²) < 4.78 is 0.333. The molecule has 0 aliphatic carbocycles. The first kappa shape index (κ1) is 5.16. The van der Waals surface area contributed by atoms with Gasteiger partial charge in [-0.1, -0.05) is 11.8 Å². The van der Waals surface area contributed by atoms with E-state index < -0.39 is 0 Å². The van der Waals surface area contributed by atoms with Gasteiger partial charge in [-0.15, -0.1) is 0 Å². The van der Waals surface area contributed by atoms with Crippen LogP contribution in [0.5, 0.6) is 0 Å². The maximum atomic E-state index is 3.95. The lowest BCUT2D eigenvalue weighted by atomic mass is 10.2. The molecule has 2 heteroatoms. The molecule has 0 unspecified atom stereocenters. The molecule has 1 rings (SSSR count). The quantitative estimate of drug-likeness (QED) is 0.464. The van der Waals surface area contributed by atoms with Crippen molar-refractivity contribution in [2.24, 2.45) is 4.99 Å². The average molecular weight is 114 g/mol. The second-order valence-electron chi connectivity index (χ2n) is 2.27. The van der Waals surface area contributed by atoms with Crippen molar-refractivity contribution in [3.63, 3.8) is 0 Å². The highest BCUT2D eigenvalue weighted by Gasteiger charge is 2.20. The summed E-state index contributed by atoms with van der Waals surface area (Å²) in [6.45, 7) is 5.26. The highest BCUT2D eigenvalue weighted by atomic mass is 32.2. The molecule has 0 bridgehead atoms. The van der Waals surface area contributed by atoms with Crippen LogP contribution in [0.25, 0.3) is 0 Å². The maximum absolute atomic E-state index is 3.95. The summed E-state index contributed by atoms with van der Waals surface area (Å²) in [6, 6.07) is 0. The minimum Gasteiger partial charge on any atom is -0.274 e. The summed E-state index contributed by atoms with van der Waals surface area (Å²) in [5.74, 6) is 0. The molecule has 0 aromatic carbocycles. The van der Waals surface area contributed by atoms with Crippen LogP contribution >= 0.6 is 11.8 Å². The van der Waals surface area contributed by atoms with E-state index in [4.69, 9.17) is 0 Å². The van der Waals surface area contributed by atoms with Crippen LogP contribution in [0.2, 0.25) is 0 Å². The SMILES string of the molecule is CC1(C)CN=[C]S1. The van der Waals surface area contributed by atoms with E-state index in [-0.39, 0.29) is 0 Å². The van der Waals surface area contributed by atoms with Crippen molar-refractivity contribution in [3.8, 4) is 0 Å². The Morgan fingerprint density at radius 3 is 2.57 bits per heavy atom. The van der Waals surface area contributed by atoms with Crippen LogP contribution in [-0.4, -0.2) is 16.8 Å². The second kappa shape index (κ2) is 1.51. The van der Waals surface area contributed by atoms with Gasteiger partial charge in [0.2, 0.25) is 0 Å². The van der Waals surface area contributed by atoms with E-state index in [2.05, 4.69) is 24.4 Å². The normalized spacial score (nSPS) is 26.0. The smallest absolute Gasteiger partial charge is 0.123 e. The summed E-state index contributed by atoms with van der Waals surface area (Å²) in [4.78, 5) is 3.95. The van der Waals surface area contributed by atoms with E-state index in [1.807, 2.05) is 0 Å². The lowest BCUT2D eigenvalue weighted by Gasteiger charge is -2.10. The summed E-state index contributed by atoms with van der Waals surface area (Å²) in [5.41, 5.74) is 2.85. The monoisotopic (exact) mass is 114 g/mol. The van der Waals surface area contributed by atoms with Crippen LogP contribution in [-0.2, 0) is 0 Å². The van der Waals surface area contributed by atoms with Gasteiger partial charge < -0.3 is 0 Å². The molecule has 0 aromatic heterocycles. The number of thioether (sulfide) groups is 1. The first-order valence-corrected chi connectivity index (χ1v) is 3.12. The van der Waals surface area contributed by atoms with Crippen LogP contribution < -0.4 is 0 Å². The Balaban J connectivity index is 2.49. The van der Waals surface area contributed by atoms with E-state index in [0.717, 1.165) is 6.54 Å². The fourth-order valence-electron chi connectivity index (χ4n) is 0.411. The molecule has 0 saturated heterocycles. The molecule has 0 spiro atoms. The van der Waals surface area contributed by atoms with E-state index >= 15 is 0 Å². The maximum Gasteiger partial charge on any atom is 0.123 e. The lowest BCUT2D eigenvalue weighted by Crippen LogP contribution is -2.13. The molecular formula is C5H8NS. The fourth-order valence-corrected chi connectivity index (χ4v) is 0.916. The van der Waals surface area contributed by atoms with Gasteiger partial charge in [0.15, 0.2) is 0 Å². The van der Waals surface area contributed by atoms with Gasteiger partial charge in [0.1, 0.15) is 5.55 Å². The molecule has 39 valence electrons. The molecule has 1 aliphatic heterocycles. The van der Waals surface area contributed by atoms with E-state index in [1.54, 1.807) is 11.8 Å². The topological polar surface area (TPSA) is 12.4 Å². The number of rotatable bonds is 0. The van der Waals surface area contributed by atoms with Gasteiger partial charge in [-0.3, -0.25) is 4.99 Å². The molecule has 1 heterocycles. The molecule has 1 nitrogen and oxygen atoms in total. The van der Waals surface area contributed by atoms with Crippen LogP contribution in [0.1, 0.15) is 13.8 Å². The third kappa shape index (κ3) is 1.20. The number of hydrogen-bond acceptors (Lipinski definition) is 2. The molecule has 0 atom stereocenters. The van der Waals surface area contributed by atoms with Crippen molar-refractivity contribution in [1.82, 2.24) is 0 Å². The zero-order valence-electron chi connectivity index (χ0n) is 4.56. The summed E-state index contributed by atoms with van der Waals surface area (Å²) in [7, 11) is 0. The largest absolute Gasteiger partial charge is 0.274 e. The average Bonchev–Trinajstić information content (AvgIpc) is 1.84. The van der Waals surface area contributed by atoms with Crippen LogP contribution in [0.15, 0.2) is 4.99 Å².